The first-order valence-electron chi connectivity index (χ1n) is 8.52. The number of likely N-dealkylation sites (N-methyl/N-ethyl adjacent to an activating group) is 1. The van der Waals surface area contributed by atoms with Gasteiger partial charge in [-0.2, -0.15) is 0 Å². The van der Waals surface area contributed by atoms with Crippen molar-refractivity contribution in [1.82, 2.24) is 19.9 Å². The fourth-order valence-corrected chi connectivity index (χ4v) is 3.13. The van der Waals surface area contributed by atoms with Crippen LogP contribution < -0.4 is 15.9 Å². The van der Waals surface area contributed by atoms with Crippen LogP contribution in [0.15, 0.2) is 41.3 Å². The number of hydrogen-bond acceptors (Lipinski definition) is 5. The Balaban J connectivity index is 1.50. The molecule has 3 N–H and O–H groups in total. The number of rotatable bonds is 3. The largest absolute Gasteiger partial charge is 0.354 e. The Kier molecular flexibility index (Phi) is 4.18. The summed E-state index contributed by atoms with van der Waals surface area (Å²) in [6.07, 6.45) is 1.66. The van der Waals surface area contributed by atoms with E-state index < -0.39 is 0 Å². The van der Waals surface area contributed by atoms with Gasteiger partial charge in [0.15, 0.2) is 0 Å². The fourth-order valence-electron chi connectivity index (χ4n) is 3.13. The van der Waals surface area contributed by atoms with Gasteiger partial charge in [-0.25, -0.2) is 9.78 Å². The van der Waals surface area contributed by atoms with Crippen LogP contribution in [0.5, 0.6) is 0 Å². The molecule has 4 rings (SSSR count). The molecule has 2 aromatic heterocycles. The number of benzene rings is 1. The standard InChI is InChI=1S/C18H20N6O2/c1-23-7-9-24(10-8-23)15-6-5-12(11-19-15)20-17(25)13-3-2-4-14-16(13)22-18(26)21-14/h2-6,11H,7-10H2,1H3,(H,20,25)(H2,21,22,26). The SMILES string of the molecule is CN1CCN(c2ccc(NC(=O)c3cccc4[nH]c(=O)[nH]c34)cn2)CC1. The van der Waals surface area contributed by atoms with E-state index in [1.165, 1.54) is 0 Å². The lowest BCUT2D eigenvalue weighted by molar-refractivity contribution is 0.102. The van der Waals surface area contributed by atoms with E-state index in [-0.39, 0.29) is 11.6 Å². The molecule has 0 saturated carbocycles. The number of aromatic amines is 2. The smallest absolute Gasteiger partial charge is 0.323 e. The molecule has 1 aromatic carbocycles. The zero-order chi connectivity index (χ0) is 18.1. The Labute approximate surface area is 149 Å². The number of fused-ring (bicyclic) bond motifs is 1. The van der Waals surface area contributed by atoms with E-state index in [1.54, 1.807) is 24.4 Å². The molecule has 1 aliphatic heterocycles. The van der Waals surface area contributed by atoms with E-state index in [0.717, 1.165) is 32.0 Å². The lowest BCUT2D eigenvalue weighted by atomic mass is 10.1. The quantitative estimate of drug-likeness (QED) is 0.659. The number of carbonyl (C=O) groups is 1. The molecule has 134 valence electrons. The van der Waals surface area contributed by atoms with Gasteiger partial charge in [0.25, 0.3) is 5.91 Å². The van der Waals surface area contributed by atoms with Gasteiger partial charge in [-0.1, -0.05) is 6.07 Å². The van der Waals surface area contributed by atoms with Crippen molar-refractivity contribution in [3.8, 4) is 0 Å². The molecule has 3 heterocycles. The first kappa shape index (κ1) is 16.3. The van der Waals surface area contributed by atoms with Gasteiger partial charge in [0.05, 0.1) is 28.5 Å². The van der Waals surface area contributed by atoms with E-state index in [2.05, 4.69) is 37.1 Å². The average molecular weight is 352 g/mol. The molecule has 0 unspecified atom stereocenters. The van der Waals surface area contributed by atoms with Crippen molar-refractivity contribution < 1.29 is 4.79 Å². The van der Waals surface area contributed by atoms with Crippen LogP contribution in [0, 0.1) is 0 Å². The van der Waals surface area contributed by atoms with Crippen LogP contribution in [0.25, 0.3) is 11.0 Å². The average Bonchev–Trinajstić information content (AvgIpc) is 3.03. The highest BCUT2D eigenvalue weighted by molar-refractivity contribution is 6.11. The summed E-state index contributed by atoms with van der Waals surface area (Å²) in [6.45, 7) is 3.91. The van der Waals surface area contributed by atoms with Gasteiger partial charge in [0.2, 0.25) is 0 Å². The maximum Gasteiger partial charge on any atom is 0.323 e. The molecule has 1 aliphatic rings. The predicted octanol–water partition coefficient (Wildman–Crippen LogP) is 1.26. The molecule has 1 fully saturated rings. The highest BCUT2D eigenvalue weighted by Crippen LogP contribution is 2.18. The third-order valence-corrected chi connectivity index (χ3v) is 4.63. The van der Waals surface area contributed by atoms with Crippen LogP contribution in [0.2, 0.25) is 0 Å². The number of H-pyrrole nitrogens is 2. The van der Waals surface area contributed by atoms with Crippen LogP contribution >= 0.6 is 0 Å². The Morgan fingerprint density at radius 3 is 2.65 bits per heavy atom. The van der Waals surface area contributed by atoms with E-state index in [0.29, 0.717) is 22.3 Å². The number of para-hydroxylation sites is 1. The number of aromatic nitrogens is 3. The molecule has 0 bridgehead atoms. The molecule has 3 aromatic rings. The lowest BCUT2D eigenvalue weighted by Gasteiger charge is -2.33. The van der Waals surface area contributed by atoms with E-state index in [9.17, 15) is 9.59 Å². The molecular formula is C18H20N6O2. The molecule has 1 amide bonds. The molecule has 1 saturated heterocycles. The topological polar surface area (TPSA) is 97.1 Å². The Hall–Kier alpha value is -3.13. The van der Waals surface area contributed by atoms with Crippen LogP contribution in [-0.4, -0.2) is 59.0 Å². The maximum absolute atomic E-state index is 12.6. The monoisotopic (exact) mass is 352 g/mol. The summed E-state index contributed by atoms with van der Waals surface area (Å²) < 4.78 is 0. The number of pyridine rings is 1. The molecule has 0 radical (unpaired) electrons. The normalized spacial score (nSPS) is 15.3. The minimum absolute atomic E-state index is 0.292. The zero-order valence-electron chi connectivity index (χ0n) is 14.5. The Bertz CT molecular complexity index is 983. The van der Waals surface area contributed by atoms with Crippen molar-refractivity contribution in [2.45, 2.75) is 0 Å². The Morgan fingerprint density at radius 1 is 1.12 bits per heavy atom. The van der Waals surface area contributed by atoms with Crippen molar-refractivity contribution in [3.63, 3.8) is 0 Å². The number of anilines is 2. The van der Waals surface area contributed by atoms with Crippen molar-refractivity contribution >= 4 is 28.4 Å². The van der Waals surface area contributed by atoms with Crippen molar-refractivity contribution in [3.05, 3.63) is 52.6 Å². The number of piperazine rings is 1. The van der Waals surface area contributed by atoms with Gasteiger partial charge < -0.3 is 25.1 Å². The number of nitrogens with one attached hydrogen (secondary N) is 3. The lowest BCUT2D eigenvalue weighted by Crippen LogP contribution is -2.44. The minimum atomic E-state index is -0.335. The van der Waals surface area contributed by atoms with Gasteiger partial charge in [-0.15, -0.1) is 0 Å². The van der Waals surface area contributed by atoms with Crippen LogP contribution in [0.1, 0.15) is 10.4 Å². The van der Waals surface area contributed by atoms with Crippen molar-refractivity contribution in [1.29, 1.82) is 0 Å². The number of carbonyl (C=O) groups excluding carboxylic acids is 1. The van der Waals surface area contributed by atoms with Gasteiger partial charge in [0, 0.05) is 26.2 Å². The summed E-state index contributed by atoms with van der Waals surface area (Å²) in [5, 5.41) is 2.83. The molecule has 0 spiro atoms. The molecular weight excluding hydrogens is 332 g/mol. The molecule has 8 nitrogen and oxygen atoms in total. The molecule has 8 heteroatoms. The Morgan fingerprint density at radius 2 is 1.92 bits per heavy atom. The third kappa shape index (κ3) is 3.18. The number of imidazole rings is 1. The predicted molar refractivity (Wildman–Crippen MR) is 101 cm³/mol. The number of amides is 1. The summed E-state index contributed by atoms with van der Waals surface area (Å²) in [7, 11) is 2.11. The first-order valence-corrected chi connectivity index (χ1v) is 8.52. The number of hydrogen-bond donors (Lipinski definition) is 3. The van der Waals surface area contributed by atoms with Gasteiger partial charge >= 0.3 is 5.69 Å². The first-order chi connectivity index (χ1) is 12.6. The molecule has 26 heavy (non-hydrogen) atoms. The van der Waals surface area contributed by atoms with Gasteiger partial charge in [-0.3, -0.25) is 4.79 Å². The second kappa shape index (κ2) is 6.64. The molecule has 0 atom stereocenters. The zero-order valence-corrected chi connectivity index (χ0v) is 14.5. The van der Waals surface area contributed by atoms with E-state index in [4.69, 9.17) is 0 Å². The van der Waals surface area contributed by atoms with Crippen molar-refractivity contribution in [2.24, 2.45) is 0 Å². The van der Waals surface area contributed by atoms with E-state index in [1.807, 2.05) is 12.1 Å². The van der Waals surface area contributed by atoms with Gasteiger partial charge in [0.1, 0.15) is 5.82 Å². The van der Waals surface area contributed by atoms with Crippen LogP contribution in [0.3, 0.4) is 0 Å². The number of nitrogens with zero attached hydrogens (tertiary/aromatic N) is 3. The van der Waals surface area contributed by atoms with Crippen molar-refractivity contribution in [2.75, 3.05) is 43.4 Å². The highest BCUT2D eigenvalue weighted by Gasteiger charge is 2.16. The summed E-state index contributed by atoms with van der Waals surface area (Å²) in [4.78, 5) is 38.3. The van der Waals surface area contributed by atoms with Crippen LogP contribution in [-0.2, 0) is 0 Å². The second-order valence-electron chi connectivity index (χ2n) is 6.46. The van der Waals surface area contributed by atoms with E-state index >= 15 is 0 Å². The second-order valence-corrected chi connectivity index (χ2v) is 6.46. The maximum atomic E-state index is 12.6. The molecule has 0 aliphatic carbocycles. The highest BCUT2D eigenvalue weighted by atomic mass is 16.2. The minimum Gasteiger partial charge on any atom is -0.354 e. The summed E-state index contributed by atoms with van der Waals surface area (Å²) >= 11 is 0. The summed E-state index contributed by atoms with van der Waals surface area (Å²) in [5.74, 6) is 0.619. The fraction of sp³-hybridized carbons (Fsp3) is 0.278. The summed E-state index contributed by atoms with van der Waals surface area (Å²) in [6, 6.07) is 8.91. The van der Waals surface area contributed by atoms with Crippen LogP contribution in [0.4, 0.5) is 11.5 Å². The summed E-state index contributed by atoms with van der Waals surface area (Å²) in [5.41, 5.74) is 1.79. The van der Waals surface area contributed by atoms with Gasteiger partial charge in [-0.05, 0) is 31.3 Å². The third-order valence-electron chi connectivity index (χ3n) is 4.63.